The van der Waals surface area contributed by atoms with Crippen LogP contribution in [0, 0.1) is 58.2 Å². The van der Waals surface area contributed by atoms with Gasteiger partial charge in [0.2, 0.25) is 0 Å². The number of aldehydes is 1. The maximum atomic E-state index is 12.3. The maximum absolute atomic E-state index is 12.3. The van der Waals surface area contributed by atoms with Gasteiger partial charge in [0.1, 0.15) is 6.29 Å². The number of hydrogen-bond acceptors (Lipinski definition) is 3. The molecule has 3 heteroatoms. The molecular weight excluding hydrogens is 404 g/mol. The van der Waals surface area contributed by atoms with Crippen molar-refractivity contribution in [3.63, 3.8) is 0 Å². The van der Waals surface area contributed by atoms with Crippen LogP contribution in [0.2, 0.25) is 0 Å². The third-order valence-corrected chi connectivity index (χ3v) is 11.6. The first-order valence-corrected chi connectivity index (χ1v) is 13.8. The Morgan fingerprint density at radius 1 is 1.06 bits per heavy atom. The normalized spacial score (nSPS) is 47.7. The van der Waals surface area contributed by atoms with Crippen LogP contribution in [0.4, 0.5) is 0 Å². The van der Waals surface area contributed by atoms with Crippen molar-refractivity contribution in [1.82, 2.24) is 5.32 Å². The number of nitrogens with one attached hydrogen (secondary N) is 1. The molecule has 33 heavy (non-hydrogen) atoms. The molecular formula is C30H46N2O. The van der Waals surface area contributed by atoms with Gasteiger partial charge in [0.05, 0.1) is 0 Å². The molecule has 0 aromatic rings. The lowest BCUT2D eigenvalue weighted by molar-refractivity contribution is -0.141. The van der Waals surface area contributed by atoms with Crippen molar-refractivity contribution in [2.45, 2.75) is 79.1 Å². The average molecular weight is 451 g/mol. The first-order chi connectivity index (χ1) is 15.8. The van der Waals surface area contributed by atoms with Gasteiger partial charge in [-0.2, -0.15) is 0 Å². The van der Waals surface area contributed by atoms with Crippen LogP contribution in [0.25, 0.3) is 0 Å². The average Bonchev–Trinajstić information content (AvgIpc) is 3.02. The number of carbonyl (C=O) groups excluding carboxylic acids is 1. The zero-order chi connectivity index (χ0) is 23.4. The molecule has 0 amide bonds. The predicted octanol–water partition coefficient (Wildman–Crippen LogP) is 6.23. The van der Waals surface area contributed by atoms with Crippen molar-refractivity contribution >= 4 is 6.29 Å². The molecule has 3 nitrogen and oxygen atoms in total. The van der Waals surface area contributed by atoms with Gasteiger partial charge < -0.3 is 15.8 Å². The second-order valence-electron chi connectivity index (χ2n) is 12.9. The summed E-state index contributed by atoms with van der Waals surface area (Å²) >= 11 is 0. The molecule has 4 aliphatic carbocycles. The van der Waals surface area contributed by atoms with Crippen LogP contribution in [0.3, 0.4) is 0 Å². The SMILES string of the molecule is CC1=CC=CNC(C2C(C=O)CC[C@@]3(C)C2CC[C@H]2[C@@H]4CC[C@H](C(C)CN)[C@@]4(C)CC[C@@H]23)=C1. The standard InChI is InChI=1S/C30H46N2O/c1-19-6-5-15-32-27(16-19)28-21(18-33)11-13-30(4)25-12-14-29(3)23(20(2)17-31)9-10-24(29)22(25)7-8-26(28)30/h5-6,15-16,18,20-26,28,32H,7-14,17,31H2,1-4H3/t20?,21?,22-,23+,24-,25-,26?,28?,29+,30+/m0/s1. The predicted molar refractivity (Wildman–Crippen MR) is 136 cm³/mol. The van der Waals surface area contributed by atoms with Gasteiger partial charge >= 0.3 is 0 Å². The van der Waals surface area contributed by atoms with Gasteiger partial charge in [-0.3, -0.25) is 0 Å². The van der Waals surface area contributed by atoms with Crippen LogP contribution in [0.15, 0.2) is 35.7 Å². The first kappa shape index (κ1) is 23.4. The molecule has 4 saturated carbocycles. The Morgan fingerprint density at radius 2 is 1.79 bits per heavy atom. The Balaban J connectivity index is 1.45. The molecule has 5 rings (SSSR count). The number of hydrogen-bond donors (Lipinski definition) is 2. The summed E-state index contributed by atoms with van der Waals surface area (Å²) in [5.41, 5.74) is 9.55. The quantitative estimate of drug-likeness (QED) is 0.499. The molecule has 0 saturated heterocycles. The van der Waals surface area contributed by atoms with Crippen molar-refractivity contribution in [1.29, 1.82) is 0 Å². The summed E-state index contributed by atoms with van der Waals surface area (Å²) in [5.74, 6) is 5.08. The molecule has 0 spiro atoms. The highest BCUT2D eigenvalue weighted by Crippen LogP contribution is 2.69. The lowest BCUT2D eigenvalue weighted by atomic mass is 9.42. The molecule has 1 heterocycles. The Labute approximate surface area is 201 Å². The van der Waals surface area contributed by atoms with Crippen LogP contribution < -0.4 is 11.1 Å². The molecule has 3 N–H and O–H groups in total. The van der Waals surface area contributed by atoms with E-state index in [0.29, 0.717) is 28.6 Å². The van der Waals surface area contributed by atoms with E-state index in [9.17, 15) is 4.79 Å². The lowest BCUT2D eigenvalue weighted by Crippen LogP contribution is -2.56. The summed E-state index contributed by atoms with van der Waals surface area (Å²) in [6.45, 7) is 10.6. The van der Waals surface area contributed by atoms with E-state index in [4.69, 9.17) is 5.73 Å². The lowest BCUT2D eigenvalue weighted by Gasteiger charge is -2.63. The Hall–Kier alpha value is -1.35. The van der Waals surface area contributed by atoms with Gasteiger partial charge in [-0.25, -0.2) is 0 Å². The minimum Gasteiger partial charge on any atom is -0.365 e. The second kappa shape index (κ2) is 8.70. The molecule has 0 bridgehead atoms. The fraction of sp³-hybridized carbons (Fsp3) is 0.767. The highest BCUT2D eigenvalue weighted by atomic mass is 16.1. The number of carbonyl (C=O) groups is 1. The van der Waals surface area contributed by atoms with Gasteiger partial charge in [0.15, 0.2) is 0 Å². The monoisotopic (exact) mass is 450 g/mol. The molecule has 4 unspecified atom stereocenters. The minimum absolute atomic E-state index is 0.146. The molecule has 0 radical (unpaired) electrons. The van der Waals surface area contributed by atoms with E-state index in [-0.39, 0.29) is 5.92 Å². The van der Waals surface area contributed by atoms with Crippen LogP contribution in [-0.4, -0.2) is 12.8 Å². The largest absolute Gasteiger partial charge is 0.365 e. The molecule has 0 aromatic heterocycles. The minimum atomic E-state index is 0.146. The van der Waals surface area contributed by atoms with E-state index >= 15 is 0 Å². The smallest absolute Gasteiger partial charge is 0.123 e. The van der Waals surface area contributed by atoms with Crippen LogP contribution >= 0.6 is 0 Å². The Kier molecular flexibility index (Phi) is 6.17. The summed E-state index contributed by atoms with van der Waals surface area (Å²) < 4.78 is 0. The third kappa shape index (κ3) is 3.60. The Morgan fingerprint density at radius 3 is 2.55 bits per heavy atom. The van der Waals surface area contributed by atoms with Gasteiger partial charge in [0, 0.05) is 23.7 Å². The Bertz CT molecular complexity index is 857. The van der Waals surface area contributed by atoms with E-state index in [0.717, 1.165) is 36.6 Å². The summed E-state index contributed by atoms with van der Waals surface area (Å²) in [5, 5.41) is 3.59. The van der Waals surface area contributed by atoms with E-state index in [1.54, 1.807) is 0 Å². The molecule has 5 aliphatic rings. The zero-order valence-electron chi connectivity index (χ0n) is 21.4. The third-order valence-electron chi connectivity index (χ3n) is 11.6. The highest BCUT2D eigenvalue weighted by molar-refractivity contribution is 5.56. The first-order valence-electron chi connectivity index (χ1n) is 13.8. The number of allylic oxidation sites excluding steroid dienone is 5. The molecule has 1 aliphatic heterocycles. The van der Waals surface area contributed by atoms with E-state index in [1.165, 1.54) is 62.5 Å². The molecule has 10 atom stereocenters. The van der Waals surface area contributed by atoms with E-state index in [1.807, 2.05) is 0 Å². The second-order valence-corrected chi connectivity index (χ2v) is 12.9. The van der Waals surface area contributed by atoms with Gasteiger partial charge in [-0.15, -0.1) is 0 Å². The fourth-order valence-corrected chi connectivity index (χ4v) is 10.0. The highest BCUT2D eigenvalue weighted by Gasteiger charge is 2.62. The van der Waals surface area contributed by atoms with Gasteiger partial charge in [0.25, 0.3) is 0 Å². The van der Waals surface area contributed by atoms with E-state index in [2.05, 4.69) is 57.4 Å². The summed E-state index contributed by atoms with van der Waals surface area (Å²) in [4.78, 5) is 12.3. The van der Waals surface area contributed by atoms with Gasteiger partial charge in [-0.05, 0) is 129 Å². The summed E-state index contributed by atoms with van der Waals surface area (Å²) in [6, 6.07) is 0. The van der Waals surface area contributed by atoms with Gasteiger partial charge in [-0.1, -0.05) is 26.8 Å². The van der Waals surface area contributed by atoms with Crippen molar-refractivity contribution in [2.24, 2.45) is 63.9 Å². The van der Waals surface area contributed by atoms with Crippen molar-refractivity contribution in [3.8, 4) is 0 Å². The summed E-state index contributed by atoms with van der Waals surface area (Å²) in [6.07, 6.45) is 20.4. The van der Waals surface area contributed by atoms with Crippen LogP contribution in [0.5, 0.6) is 0 Å². The van der Waals surface area contributed by atoms with Crippen molar-refractivity contribution in [3.05, 3.63) is 35.7 Å². The maximum Gasteiger partial charge on any atom is 0.123 e. The number of nitrogens with two attached hydrogens (primary N) is 1. The van der Waals surface area contributed by atoms with E-state index < -0.39 is 0 Å². The molecule has 182 valence electrons. The zero-order valence-corrected chi connectivity index (χ0v) is 21.4. The topological polar surface area (TPSA) is 55.1 Å². The van der Waals surface area contributed by atoms with Crippen LogP contribution in [-0.2, 0) is 4.79 Å². The van der Waals surface area contributed by atoms with Crippen LogP contribution in [0.1, 0.15) is 79.1 Å². The number of rotatable bonds is 4. The fourth-order valence-electron chi connectivity index (χ4n) is 10.0. The van der Waals surface area contributed by atoms with Crippen molar-refractivity contribution < 1.29 is 4.79 Å². The molecule has 4 fully saturated rings. The van der Waals surface area contributed by atoms with Crippen molar-refractivity contribution in [2.75, 3.05) is 6.54 Å². The summed E-state index contributed by atoms with van der Waals surface area (Å²) in [7, 11) is 0. The molecule has 0 aromatic carbocycles. The number of fused-ring (bicyclic) bond motifs is 5.